The minimum absolute atomic E-state index is 0.0349. The number of aromatic nitrogens is 1. The van der Waals surface area contributed by atoms with Gasteiger partial charge in [-0.3, -0.25) is 29.1 Å². The number of ether oxygens (including phenoxy) is 1. The summed E-state index contributed by atoms with van der Waals surface area (Å²) >= 11 is 0. The van der Waals surface area contributed by atoms with Crippen molar-refractivity contribution < 1.29 is 33.8 Å². The second kappa shape index (κ2) is 21.4. The summed E-state index contributed by atoms with van der Waals surface area (Å²) in [6, 6.07) is 20.2. The van der Waals surface area contributed by atoms with E-state index >= 15 is 0 Å². The van der Waals surface area contributed by atoms with Gasteiger partial charge in [-0.05, 0) is 55.0 Å². The number of hydrogen-bond acceptors (Lipinski definition) is 9. The number of benzene rings is 2. The third kappa shape index (κ3) is 13.3. The van der Waals surface area contributed by atoms with E-state index in [4.69, 9.17) is 10.5 Å². The van der Waals surface area contributed by atoms with Crippen LogP contribution >= 0.6 is 0 Å². The SMILES string of the molecule is CCC(C)[C@H](NC(=O)[C@@H]1CCCN1CC(O)[C@H](Cc1ccccc1)NC(=O)[C@H](CC(N)=O)NC(=O)OCc1ccccc1)C(=O)NCCc1ccccn1. The normalized spacial score (nSPS) is 16.9. The molecule has 6 atom stereocenters. The van der Waals surface area contributed by atoms with Crippen LogP contribution in [-0.2, 0) is 43.4 Å². The predicted octanol–water partition coefficient (Wildman–Crippen LogP) is 1.99. The first kappa shape index (κ1) is 41.4. The highest BCUT2D eigenvalue weighted by molar-refractivity contribution is 5.91. The molecule has 290 valence electrons. The molecule has 7 N–H and O–H groups in total. The van der Waals surface area contributed by atoms with E-state index < -0.39 is 54.6 Å². The van der Waals surface area contributed by atoms with Crippen LogP contribution in [0.4, 0.5) is 4.79 Å². The third-order valence-corrected chi connectivity index (χ3v) is 9.60. The fraction of sp³-hybridized carbons (Fsp3) is 0.450. The van der Waals surface area contributed by atoms with Crippen molar-refractivity contribution in [1.82, 2.24) is 31.2 Å². The molecule has 0 aliphatic carbocycles. The van der Waals surface area contributed by atoms with Crippen LogP contribution in [0.3, 0.4) is 0 Å². The predicted molar refractivity (Wildman–Crippen MR) is 202 cm³/mol. The largest absolute Gasteiger partial charge is 0.445 e. The van der Waals surface area contributed by atoms with E-state index in [2.05, 4.69) is 26.3 Å². The molecule has 0 radical (unpaired) electrons. The van der Waals surface area contributed by atoms with Gasteiger partial charge in [-0.15, -0.1) is 0 Å². The van der Waals surface area contributed by atoms with Gasteiger partial charge in [0, 0.05) is 31.4 Å². The molecule has 2 unspecified atom stereocenters. The number of rotatable bonds is 20. The van der Waals surface area contributed by atoms with E-state index in [0.717, 1.165) is 16.8 Å². The van der Waals surface area contributed by atoms with Gasteiger partial charge in [0.2, 0.25) is 23.6 Å². The second-order valence-electron chi connectivity index (χ2n) is 13.7. The Morgan fingerprint density at radius 2 is 1.61 bits per heavy atom. The number of aliphatic hydroxyl groups excluding tert-OH is 1. The summed E-state index contributed by atoms with van der Waals surface area (Å²) in [4.78, 5) is 71.4. The van der Waals surface area contributed by atoms with Crippen molar-refractivity contribution >= 4 is 29.7 Å². The Bertz CT molecular complexity index is 1650. The molecule has 0 bridgehead atoms. The van der Waals surface area contributed by atoms with Gasteiger partial charge in [-0.2, -0.15) is 0 Å². The lowest BCUT2D eigenvalue weighted by atomic mass is 9.97. The summed E-state index contributed by atoms with van der Waals surface area (Å²) in [7, 11) is 0. The summed E-state index contributed by atoms with van der Waals surface area (Å²) in [5, 5.41) is 22.8. The Morgan fingerprint density at radius 3 is 2.26 bits per heavy atom. The maximum absolute atomic E-state index is 13.8. The van der Waals surface area contributed by atoms with Crippen molar-refractivity contribution in [2.75, 3.05) is 19.6 Å². The Morgan fingerprint density at radius 1 is 0.926 bits per heavy atom. The molecule has 1 aliphatic rings. The number of pyridine rings is 1. The highest BCUT2D eigenvalue weighted by Crippen LogP contribution is 2.20. The molecule has 1 aromatic heterocycles. The maximum Gasteiger partial charge on any atom is 0.408 e. The molecule has 4 rings (SSSR count). The molecule has 54 heavy (non-hydrogen) atoms. The van der Waals surface area contributed by atoms with Gasteiger partial charge >= 0.3 is 6.09 Å². The fourth-order valence-corrected chi connectivity index (χ4v) is 6.38. The number of likely N-dealkylation sites (tertiary alicyclic amines) is 1. The van der Waals surface area contributed by atoms with E-state index in [1.54, 1.807) is 30.5 Å². The number of nitrogens with zero attached hydrogens (tertiary/aromatic N) is 2. The van der Waals surface area contributed by atoms with E-state index in [-0.39, 0.29) is 37.3 Å². The molecule has 2 heterocycles. The number of alkyl carbamates (subject to hydrolysis) is 1. The van der Waals surface area contributed by atoms with Gasteiger partial charge < -0.3 is 36.8 Å². The number of primary amides is 1. The number of carbonyl (C=O) groups is 5. The molecule has 3 aromatic rings. The molecule has 1 fully saturated rings. The lowest BCUT2D eigenvalue weighted by molar-refractivity contribution is -0.133. The topological polar surface area (TPSA) is 205 Å². The molecular weight excluding hydrogens is 690 g/mol. The zero-order valence-electron chi connectivity index (χ0n) is 31.0. The van der Waals surface area contributed by atoms with Gasteiger partial charge in [-0.25, -0.2) is 4.79 Å². The fourth-order valence-electron chi connectivity index (χ4n) is 6.38. The van der Waals surface area contributed by atoms with Gasteiger partial charge in [0.25, 0.3) is 0 Å². The average Bonchev–Trinajstić information content (AvgIpc) is 3.64. The van der Waals surface area contributed by atoms with E-state index in [1.165, 1.54) is 0 Å². The van der Waals surface area contributed by atoms with Crippen LogP contribution in [0.2, 0.25) is 0 Å². The summed E-state index contributed by atoms with van der Waals surface area (Å²) in [5.41, 5.74) is 7.85. The van der Waals surface area contributed by atoms with Crippen molar-refractivity contribution in [1.29, 1.82) is 0 Å². The van der Waals surface area contributed by atoms with Gasteiger partial charge in [0.05, 0.1) is 24.6 Å². The van der Waals surface area contributed by atoms with Crippen LogP contribution in [0.15, 0.2) is 85.1 Å². The number of hydrogen-bond donors (Lipinski definition) is 6. The van der Waals surface area contributed by atoms with Crippen molar-refractivity contribution in [3.8, 4) is 0 Å². The maximum atomic E-state index is 13.8. The first-order chi connectivity index (χ1) is 26.0. The standard InChI is InChI=1S/C40H53N7O7/c1-3-27(2)36(39(52)43-21-19-30-17-10-11-20-42-30)46-38(51)33-18-12-22-47(33)25-34(48)31(23-28-13-6-4-7-14-28)44-37(50)32(24-35(41)49)45-40(53)54-26-29-15-8-5-9-16-29/h4-11,13-17,20,27,31-34,36,48H,3,12,18-19,21-26H2,1-2H3,(H2,41,49)(H,43,52)(H,44,50)(H,45,53)(H,46,51)/t27?,31-,32-,33-,34?,36-/m0/s1. The van der Waals surface area contributed by atoms with Crippen LogP contribution in [0.5, 0.6) is 0 Å². The highest BCUT2D eigenvalue weighted by Gasteiger charge is 2.37. The zero-order valence-corrected chi connectivity index (χ0v) is 31.0. The van der Waals surface area contributed by atoms with Gasteiger partial charge in [0.1, 0.15) is 18.7 Å². The monoisotopic (exact) mass is 743 g/mol. The summed E-state index contributed by atoms with van der Waals surface area (Å²) in [6.07, 6.45) is 1.79. The van der Waals surface area contributed by atoms with Gasteiger partial charge in [0.15, 0.2) is 0 Å². The molecule has 14 heteroatoms. The molecule has 0 saturated carbocycles. The molecule has 14 nitrogen and oxygen atoms in total. The van der Waals surface area contributed by atoms with Crippen molar-refractivity contribution in [2.45, 2.75) is 89.3 Å². The van der Waals surface area contributed by atoms with Crippen LogP contribution < -0.4 is 27.0 Å². The molecule has 0 spiro atoms. The first-order valence-corrected chi connectivity index (χ1v) is 18.5. The van der Waals surface area contributed by atoms with Crippen molar-refractivity contribution in [3.05, 3.63) is 102 Å². The molecule has 1 aliphatic heterocycles. The van der Waals surface area contributed by atoms with Crippen LogP contribution in [-0.4, -0.2) is 94.6 Å². The number of β-amino-alcohol motifs (C(OH)–C–C–N with tert-alkyl or cyclic N) is 1. The average molecular weight is 744 g/mol. The summed E-state index contributed by atoms with van der Waals surface area (Å²) in [6.45, 7) is 4.75. The van der Waals surface area contributed by atoms with Crippen molar-refractivity contribution in [2.24, 2.45) is 11.7 Å². The lowest BCUT2D eigenvalue weighted by Crippen LogP contribution is -2.58. The number of nitrogens with two attached hydrogens (primary N) is 1. The van der Waals surface area contributed by atoms with Gasteiger partial charge in [-0.1, -0.05) is 87.0 Å². The molecule has 5 amide bonds. The zero-order chi connectivity index (χ0) is 38.9. The van der Waals surface area contributed by atoms with Crippen molar-refractivity contribution in [3.63, 3.8) is 0 Å². The summed E-state index contributed by atoms with van der Waals surface area (Å²) in [5.74, 6) is -2.26. The third-order valence-electron chi connectivity index (χ3n) is 9.60. The first-order valence-electron chi connectivity index (χ1n) is 18.5. The minimum Gasteiger partial charge on any atom is -0.445 e. The Hall–Kier alpha value is -5.34. The number of amides is 5. The number of nitrogens with one attached hydrogen (secondary N) is 4. The Balaban J connectivity index is 1.41. The number of aliphatic hydroxyl groups is 1. The van der Waals surface area contributed by atoms with E-state index in [0.29, 0.717) is 38.8 Å². The summed E-state index contributed by atoms with van der Waals surface area (Å²) < 4.78 is 5.26. The Kier molecular flexibility index (Phi) is 16.4. The highest BCUT2D eigenvalue weighted by atomic mass is 16.5. The number of carbonyl (C=O) groups excluding carboxylic acids is 5. The van der Waals surface area contributed by atoms with Crippen LogP contribution in [0, 0.1) is 5.92 Å². The van der Waals surface area contributed by atoms with E-state index in [1.807, 2.05) is 73.3 Å². The Labute approximate surface area is 316 Å². The minimum atomic E-state index is -1.37. The molecule has 2 aromatic carbocycles. The second-order valence-corrected chi connectivity index (χ2v) is 13.7. The van der Waals surface area contributed by atoms with E-state index in [9.17, 15) is 29.1 Å². The van der Waals surface area contributed by atoms with Crippen LogP contribution in [0.1, 0.15) is 56.4 Å². The molecule has 1 saturated heterocycles. The molecular formula is C40H53N7O7. The van der Waals surface area contributed by atoms with Crippen LogP contribution in [0.25, 0.3) is 0 Å². The quantitative estimate of drug-likeness (QED) is 0.100. The lowest BCUT2D eigenvalue weighted by Gasteiger charge is -2.32. The smallest absolute Gasteiger partial charge is 0.408 e.